The summed E-state index contributed by atoms with van der Waals surface area (Å²) in [7, 11) is 0. The highest BCUT2D eigenvalue weighted by atomic mass is 16.2. The number of rotatable bonds is 5. The maximum absolute atomic E-state index is 12.6. The van der Waals surface area contributed by atoms with Gasteiger partial charge in [-0.25, -0.2) is 9.97 Å². The molecule has 2 amide bonds. The summed E-state index contributed by atoms with van der Waals surface area (Å²) in [4.78, 5) is 35.8. The molecule has 0 saturated carbocycles. The molecule has 0 unspecified atom stereocenters. The molecule has 0 bridgehead atoms. The van der Waals surface area contributed by atoms with Crippen LogP contribution in [0.1, 0.15) is 65.4 Å². The van der Waals surface area contributed by atoms with Crippen molar-refractivity contribution in [2.24, 2.45) is 0 Å². The number of likely N-dealkylation sites (tertiary alicyclic amines) is 1. The largest absolute Gasteiger partial charge is 0.348 e. The Morgan fingerprint density at radius 1 is 1.03 bits per heavy atom. The van der Waals surface area contributed by atoms with E-state index in [1.807, 2.05) is 33.7 Å². The average Bonchev–Trinajstić information content (AvgIpc) is 3.21. The average molecular weight is 406 g/mol. The minimum absolute atomic E-state index is 0.0884. The van der Waals surface area contributed by atoms with Crippen LogP contribution in [0.3, 0.4) is 0 Å². The molecular weight excluding hydrogens is 378 g/mol. The van der Waals surface area contributed by atoms with Crippen LogP contribution in [0.5, 0.6) is 0 Å². The van der Waals surface area contributed by atoms with Crippen LogP contribution in [-0.4, -0.2) is 44.3 Å². The summed E-state index contributed by atoms with van der Waals surface area (Å²) in [6, 6.07) is 9.48. The van der Waals surface area contributed by atoms with Gasteiger partial charge in [0, 0.05) is 37.4 Å². The van der Waals surface area contributed by atoms with Crippen LogP contribution in [0, 0.1) is 0 Å². The number of benzene rings is 1. The number of piperidine rings is 1. The van der Waals surface area contributed by atoms with Crippen LogP contribution in [0.4, 0.5) is 0 Å². The van der Waals surface area contributed by atoms with Crippen LogP contribution in [0.2, 0.25) is 0 Å². The van der Waals surface area contributed by atoms with Crippen LogP contribution in [0.25, 0.3) is 11.2 Å². The summed E-state index contributed by atoms with van der Waals surface area (Å²) in [6.07, 6.45) is 6.68. The van der Waals surface area contributed by atoms with Crippen molar-refractivity contribution in [1.82, 2.24) is 24.8 Å². The van der Waals surface area contributed by atoms with E-state index in [0.717, 1.165) is 37.1 Å². The number of carbonyl (C=O) groups excluding carboxylic acids is 2. The Bertz CT molecular complexity index is 1050. The molecule has 0 spiro atoms. The van der Waals surface area contributed by atoms with Crippen molar-refractivity contribution in [3.8, 4) is 0 Å². The summed E-state index contributed by atoms with van der Waals surface area (Å²) >= 11 is 0. The van der Waals surface area contributed by atoms with Gasteiger partial charge in [0.05, 0.1) is 11.9 Å². The lowest BCUT2D eigenvalue weighted by Crippen LogP contribution is -2.35. The number of imidazole rings is 1. The first kappa shape index (κ1) is 20.1. The molecule has 0 radical (unpaired) electrons. The van der Waals surface area contributed by atoms with E-state index in [1.54, 1.807) is 18.6 Å². The second kappa shape index (κ2) is 8.65. The van der Waals surface area contributed by atoms with E-state index in [2.05, 4.69) is 29.1 Å². The zero-order valence-corrected chi connectivity index (χ0v) is 17.5. The van der Waals surface area contributed by atoms with Crippen LogP contribution in [-0.2, 0) is 6.54 Å². The van der Waals surface area contributed by atoms with E-state index in [1.165, 1.54) is 6.42 Å². The van der Waals surface area contributed by atoms with Crippen molar-refractivity contribution < 1.29 is 9.59 Å². The zero-order valence-electron chi connectivity index (χ0n) is 17.5. The molecular formula is C23H27N5O2. The van der Waals surface area contributed by atoms with Gasteiger partial charge >= 0.3 is 0 Å². The third kappa shape index (κ3) is 4.20. The van der Waals surface area contributed by atoms with Gasteiger partial charge in [0.2, 0.25) is 0 Å². The van der Waals surface area contributed by atoms with E-state index >= 15 is 0 Å². The predicted molar refractivity (Wildman–Crippen MR) is 115 cm³/mol. The quantitative estimate of drug-likeness (QED) is 0.704. The molecule has 1 aliphatic rings. The van der Waals surface area contributed by atoms with Crippen molar-refractivity contribution in [2.45, 2.75) is 45.7 Å². The molecule has 0 aliphatic carbocycles. The van der Waals surface area contributed by atoms with Crippen LogP contribution >= 0.6 is 0 Å². The van der Waals surface area contributed by atoms with Crippen molar-refractivity contribution in [3.05, 3.63) is 59.5 Å². The number of carbonyl (C=O) groups is 2. The van der Waals surface area contributed by atoms with Crippen molar-refractivity contribution in [2.75, 3.05) is 13.1 Å². The normalized spacial score (nSPS) is 14.3. The van der Waals surface area contributed by atoms with Crippen molar-refractivity contribution >= 4 is 23.0 Å². The summed E-state index contributed by atoms with van der Waals surface area (Å²) in [5.41, 5.74) is 3.60. The van der Waals surface area contributed by atoms with Gasteiger partial charge in [0.15, 0.2) is 5.65 Å². The van der Waals surface area contributed by atoms with Gasteiger partial charge < -0.3 is 14.8 Å². The molecule has 1 fully saturated rings. The van der Waals surface area contributed by atoms with E-state index in [-0.39, 0.29) is 17.9 Å². The monoisotopic (exact) mass is 405 g/mol. The maximum Gasteiger partial charge on any atom is 0.253 e. The first-order valence-corrected chi connectivity index (χ1v) is 10.5. The third-order valence-corrected chi connectivity index (χ3v) is 5.53. The lowest BCUT2D eigenvalue weighted by Gasteiger charge is -2.26. The molecule has 0 atom stereocenters. The van der Waals surface area contributed by atoms with E-state index < -0.39 is 0 Å². The zero-order chi connectivity index (χ0) is 21.1. The number of aromatic nitrogens is 3. The molecule has 1 aromatic carbocycles. The smallest absolute Gasteiger partial charge is 0.253 e. The fourth-order valence-electron chi connectivity index (χ4n) is 3.75. The highest BCUT2D eigenvalue weighted by molar-refractivity contribution is 5.96. The lowest BCUT2D eigenvalue weighted by molar-refractivity contribution is 0.0724. The van der Waals surface area contributed by atoms with Crippen molar-refractivity contribution in [1.29, 1.82) is 0 Å². The number of amides is 2. The summed E-state index contributed by atoms with van der Waals surface area (Å²) in [5, 5.41) is 2.91. The SMILES string of the molecule is CC(C)n1cnc2cc(C(=O)NCc3ccc(C(=O)N4CCCCC4)cc3)cnc21. The molecule has 1 saturated heterocycles. The number of nitrogens with one attached hydrogen (secondary N) is 1. The van der Waals surface area contributed by atoms with E-state index in [4.69, 9.17) is 0 Å². The molecule has 1 N–H and O–H groups in total. The summed E-state index contributed by atoms with van der Waals surface area (Å²) in [5.74, 6) is -0.109. The summed E-state index contributed by atoms with van der Waals surface area (Å²) in [6.45, 7) is 6.19. The molecule has 7 nitrogen and oxygen atoms in total. The molecule has 3 aromatic rings. The molecule has 30 heavy (non-hydrogen) atoms. The van der Waals surface area contributed by atoms with Gasteiger partial charge in [-0.3, -0.25) is 9.59 Å². The molecule has 7 heteroatoms. The highest BCUT2D eigenvalue weighted by Crippen LogP contribution is 2.17. The molecule has 2 aromatic heterocycles. The Morgan fingerprint density at radius 3 is 2.47 bits per heavy atom. The lowest BCUT2D eigenvalue weighted by atomic mass is 10.1. The molecule has 3 heterocycles. The number of fused-ring (bicyclic) bond motifs is 1. The second-order valence-electron chi connectivity index (χ2n) is 8.04. The Morgan fingerprint density at radius 2 is 1.77 bits per heavy atom. The molecule has 1 aliphatic heterocycles. The van der Waals surface area contributed by atoms with Gasteiger partial charge in [0.1, 0.15) is 5.52 Å². The highest BCUT2D eigenvalue weighted by Gasteiger charge is 2.18. The fourth-order valence-corrected chi connectivity index (χ4v) is 3.75. The first-order valence-electron chi connectivity index (χ1n) is 10.5. The minimum Gasteiger partial charge on any atom is -0.348 e. The Hall–Kier alpha value is -3.22. The molecule has 4 rings (SSSR count). The minimum atomic E-state index is -0.197. The Balaban J connectivity index is 1.37. The van der Waals surface area contributed by atoms with Crippen LogP contribution in [0.15, 0.2) is 42.9 Å². The summed E-state index contributed by atoms with van der Waals surface area (Å²) < 4.78 is 1.98. The van der Waals surface area contributed by atoms with Gasteiger partial charge in [-0.1, -0.05) is 12.1 Å². The number of nitrogens with zero attached hydrogens (tertiary/aromatic N) is 4. The number of pyridine rings is 1. The Kier molecular flexibility index (Phi) is 5.79. The van der Waals surface area contributed by atoms with Gasteiger partial charge in [-0.15, -0.1) is 0 Å². The first-order chi connectivity index (χ1) is 14.5. The second-order valence-corrected chi connectivity index (χ2v) is 8.04. The Labute approximate surface area is 176 Å². The topological polar surface area (TPSA) is 80.1 Å². The number of hydrogen-bond acceptors (Lipinski definition) is 4. The fraction of sp³-hybridized carbons (Fsp3) is 0.391. The van der Waals surface area contributed by atoms with Gasteiger partial charge in [-0.05, 0) is 56.9 Å². The number of hydrogen-bond donors (Lipinski definition) is 1. The van der Waals surface area contributed by atoms with Crippen molar-refractivity contribution in [3.63, 3.8) is 0 Å². The van der Waals surface area contributed by atoms with Gasteiger partial charge in [0.25, 0.3) is 11.8 Å². The standard InChI is InChI=1S/C23H27N5O2/c1-16(2)28-15-26-20-12-19(14-24-21(20)28)22(29)25-13-17-6-8-18(9-7-17)23(30)27-10-4-3-5-11-27/h6-9,12,14-16H,3-5,10-11,13H2,1-2H3,(H,25,29). The van der Waals surface area contributed by atoms with Crippen LogP contribution < -0.4 is 5.32 Å². The van der Waals surface area contributed by atoms with E-state index in [0.29, 0.717) is 23.2 Å². The third-order valence-electron chi connectivity index (χ3n) is 5.53. The van der Waals surface area contributed by atoms with Gasteiger partial charge in [-0.2, -0.15) is 0 Å². The molecule has 156 valence electrons. The maximum atomic E-state index is 12.6. The predicted octanol–water partition coefficient (Wildman–Crippen LogP) is 3.57. The van der Waals surface area contributed by atoms with E-state index in [9.17, 15) is 9.59 Å².